The molecule has 0 amide bonds. The van der Waals surface area contributed by atoms with Crippen molar-refractivity contribution in [3.8, 4) is 11.5 Å². The van der Waals surface area contributed by atoms with Crippen molar-refractivity contribution in [2.24, 2.45) is 0 Å². The number of carbonyl (C=O) groups is 2. The molecule has 0 aromatic heterocycles. The Morgan fingerprint density at radius 3 is 2.62 bits per heavy atom. The van der Waals surface area contributed by atoms with Crippen molar-refractivity contribution in [1.29, 1.82) is 0 Å². The molecule has 0 radical (unpaired) electrons. The second-order valence-electron chi connectivity index (χ2n) is 6.26. The van der Waals surface area contributed by atoms with Crippen LogP contribution in [0.5, 0.6) is 11.5 Å². The van der Waals surface area contributed by atoms with E-state index < -0.39 is 11.8 Å². The number of nitrogens with one attached hydrogen (secondary N) is 1. The van der Waals surface area contributed by atoms with E-state index in [0.29, 0.717) is 36.0 Å². The third kappa shape index (κ3) is 3.94. The largest absolute Gasteiger partial charge is 0.486 e. The first kappa shape index (κ1) is 18.6. The topological polar surface area (TPSA) is 83.1 Å². The molecule has 0 spiro atoms. The Labute approximate surface area is 167 Å². The fourth-order valence-corrected chi connectivity index (χ4v) is 2.96. The maximum absolute atomic E-state index is 12.9. The number of Topliss-reactive ketones (excluding diaryl/α,β-unsaturated/α-hetero) is 1. The zero-order chi connectivity index (χ0) is 20.2. The summed E-state index contributed by atoms with van der Waals surface area (Å²) in [6, 6.07) is 14.4. The van der Waals surface area contributed by atoms with Crippen LogP contribution in [0, 0.1) is 0 Å². The molecule has 0 saturated heterocycles. The van der Waals surface area contributed by atoms with Crippen molar-refractivity contribution in [3.05, 3.63) is 71.3 Å². The van der Waals surface area contributed by atoms with Gasteiger partial charge >= 0.3 is 5.97 Å². The average Bonchev–Trinajstić information content (AvgIpc) is 3.03. The molecular formula is C22H19NO6. The van der Waals surface area contributed by atoms with Crippen molar-refractivity contribution in [2.75, 3.05) is 25.1 Å². The van der Waals surface area contributed by atoms with Gasteiger partial charge in [-0.15, -0.1) is 0 Å². The van der Waals surface area contributed by atoms with Crippen LogP contribution in [0.15, 0.2) is 65.7 Å². The Bertz CT molecular complexity index is 1010. The van der Waals surface area contributed by atoms with E-state index in [1.165, 1.54) is 0 Å². The minimum Gasteiger partial charge on any atom is -0.486 e. The first-order valence-electron chi connectivity index (χ1n) is 9.23. The van der Waals surface area contributed by atoms with Crippen molar-refractivity contribution >= 4 is 23.5 Å². The van der Waals surface area contributed by atoms with Gasteiger partial charge in [-0.2, -0.15) is 0 Å². The van der Waals surface area contributed by atoms with Gasteiger partial charge in [0.1, 0.15) is 13.2 Å². The average molecular weight is 393 g/mol. The summed E-state index contributed by atoms with van der Waals surface area (Å²) in [5.41, 5.74) is 1.19. The Kier molecular flexibility index (Phi) is 5.20. The number of rotatable bonds is 5. The molecule has 0 bridgehead atoms. The molecule has 0 unspecified atom stereocenters. The quantitative estimate of drug-likeness (QED) is 0.474. The van der Waals surface area contributed by atoms with Crippen LogP contribution in [0.4, 0.5) is 5.69 Å². The number of carbonyl (C=O) groups excluding carboxylic acids is 2. The SMILES string of the molecule is CCOC(=O)C1=C(Nc2ccccc2)O/C(=C\c2ccc3c(c2)OCCO3)C1=O. The zero-order valence-electron chi connectivity index (χ0n) is 15.8. The van der Waals surface area contributed by atoms with Gasteiger partial charge in [0.2, 0.25) is 11.7 Å². The Balaban J connectivity index is 1.64. The summed E-state index contributed by atoms with van der Waals surface area (Å²) in [6.07, 6.45) is 1.56. The summed E-state index contributed by atoms with van der Waals surface area (Å²) in [5, 5.41) is 2.98. The molecule has 2 aliphatic heterocycles. The highest BCUT2D eigenvalue weighted by molar-refractivity contribution is 6.26. The number of benzene rings is 2. The molecule has 148 valence electrons. The fourth-order valence-electron chi connectivity index (χ4n) is 2.96. The van der Waals surface area contributed by atoms with Crippen LogP contribution in [-0.2, 0) is 19.1 Å². The van der Waals surface area contributed by atoms with Gasteiger partial charge in [-0.05, 0) is 42.8 Å². The standard InChI is InChI=1S/C22H19NO6/c1-2-26-22(25)19-20(24)18(29-21(19)23-15-6-4-3-5-7-15)13-14-8-9-16-17(12-14)28-11-10-27-16/h3-9,12-13,23H,2,10-11H2,1H3/b18-13-. The normalized spacial score (nSPS) is 16.6. The predicted molar refractivity (Wildman–Crippen MR) is 105 cm³/mol. The summed E-state index contributed by atoms with van der Waals surface area (Å²) in [6.45, 7) is 2.78. The maximum Gasteiger partial charge on any atom is 0.347 e. The van der Waals surface area contributed by atoms with Gasteiger partial charge in [0.25, 0.3) is 0 Å². The molecule has 0 saturated carbocycles. The lowest BCUT2D eigenvalue weighted by Gasteiger charge is -2.18. The van der Waals surface area contributed by atoms with E-state index in [-0.39, 0.29) is 23.8 Å². The number of hydrogen-bond donors (Lipinski definition) is 1. The first-order valence-corrected chi connectivity index (χ1v) is 9.23. The number of ether oxygens (including phenoxy) is 4. The number of anilines is 1. The predicted octanol–water partition coefficient (Wildman–Crippen LogP) is 3.28. The lowest BCUT2D eigenvalue weighted by atomic mass is 10.1. The molecule has 2 aromatic rings. The van der Waals surface area contributed by atoms with Crippen LogP contribution in [0.3, 0.4) is 0 Å². The molecule has 7 nitrogen and oxygen atoms in total. The minimum atomic E-state index is -0.735. The lowest BCUT2D eigenvalue weighted by Crippen LogP contribution is -2.16. The van der Waals surface area contributed by atoms with Crippen molar-refractivity contribution in [2.45, 2.75) is 6.92 Å². The van der Waals surface area contributed by atoms with E-state index in [1.54, 1.807) is 43.3 Å². The van der Waals surface area contributed by atoms with E-state index in [9.17, 15) is 9.59 Å². The highest BCUT2D eigenvalue weighted by Crippen LogP contribution is 2.33. The van der Waals surface area contributed by atoms with E-state index in [0.717, 1.165) is 0 Å². The Hall–Kier alpha value is -3.74. The monoisotopic (exact) mass is 393 g/mol. The molecule has 0 atom stereocenters. The maximum atomic E-state index is 12.9. The number of para-hydroxylation sites is 1. The molecule has 7 heteroatoms. The van der Waals surface area contributed by atoms with Gasteiger partial charge in [0.05, 0.1) is 6.61 Å². The highest BCUT2D eigenvalue weighted by atomic mass is 16.6. The third-order valence-corrected chi connectivity index (χ3v) is 4.27. The Morgan fingerprint density at radius 2 is 1.86 bits per heavy atom. The summed E-state index contributed by atoms with van der Waals surface area (Å²) >= 11 is 0. The van der Waals surface area contributed by atoms with Crippen LogP contribution in [0.25, 0.3) is 6.08 Å². The lowest BCUT2D eigenvalue weighted by molar-refractivity contribution is -0.139. The summed E-state index contributed by atoms with van der Waals surface area (Å²) in [4.78, 5) is 25.2. The minimum absolute atomic E-state index is 0.0168. The molecular weight excluding hydrogens is 374 g/mol. The molecule has 2 aromatic carbocycles. The molecule has 0 aliphatic carbocycles. The first-order chi connectivity index (χ1) is 14.2. The van der Waals surface area contributed by atoms with Crippen molar-refractivity contribution in [3.63, 3.8) is 0 Å². The zero-order valence-corrected chi connectivity index (χ0v) is 15.8. The smallest absolute Gasteiger partial charge is 0.347 e. The van der Waals surface area contributed by atoms with E-state index in [1.807, 2.05) is 18.2 Å². The molecule has 2 heterocycles. The van der Waals surface area contributed by atoms with Crippen LogP contribution in [0.2, 0.25) is 0 Å². The number of fused-ring (bicyclic) bond motifs is 1. The number of allylic oxidation sites excluding steroid dienone is 1. The van der Waals surface area contributed by atoms with Crippen LogP contribution in [0.1, 0.15) is 12.5 Å². The summed E-state index contributed by atoms with van der Waals surface area (Å²) in [5.74, 6) is 0.0240. The highest BCUT2D eigenvalue weighted by Gasteiger charge is 2.37. The molecule has 4 rings (SSSR count). The van der Waals surface area contributed by atoms with Gasteiger partial charge in [-0.1, -0.05) is 24.3 Å². The van der Waals surface area contributed by atoms with Gasteiger partial charge < -0.3 is 24.3 Å². The number of hydrogen-bond acceptors (Lipinski definition) is 7. The fraction of sp³-hybridized carbons (Fsp3) is 0.182. The van der Waals surface area contributed by atoms with Gasteiger partial charge in [-0.25, -0.2) is 4.79 Å². The number of esters is 1. The molecule has 0 fully saturated rings. The third-order valence-electron chi connectivity index (χ3n) is 4.27. The van der Waals surface area contributed by atoms with Gasteiger partial charge in [0.15, 0.2) is 22.8 Å². The van der Waals surface area contributed by atoms with Crippen LogP contribution < -0.4 is 14.8 Å². The molecule has 2 aliphatic rings. The second kappa shape index (κ2) is 8.10. The summed E-state index contributed by atoms with van der Waals surface area (Å²) in [7, 11) is 0. The van der Waals surface area contributed by atoms with E-state index >= 15 is 0 Å². The van der Waals surface area contributed by atoms with E-state index in [4.69, 9.17) is 18.9 Å². The van der Waals surface area contributed by atoms with Crippen LogP contribution in [-0.4, -0.2) is 31.6 Å². The molecule has 29 heavy (non-hydrogen) atoms. The van der Waals surface area contributed by atoms with Crippen molar-refractivity contribution < 1.29 is 28.5 Å². The number of ketones is 1. The van der Waals surface area contributed by atoms with E-state index in [2.05, 4.69) is 5.32 Å². The van der Waals surface area contributed by atoms with Crippen molar-refractivity contribution in [1.82, 2.24) is 0 Å². The second-order valence-corrected chi connectivity index (χ2v) is 6.26. The van der Waals surface area contributed by atoms with Gasteiger partial charge in [0, 0.05) is 5.69 Å². The Morgan fingerprint density at radius 1 is 1.10 bits per heavy atom. The summed E-state index contributed by atoms with van der Waals surface area (Å²) < 4.78 is 21.8. The van der Waals surface area contributed by atoms with Gasteiger partial charge in [-0.3, -0.25) is 4.79 Å². The van der Waals surface area contributed by atoms with Crippen LogP contribution >= 0.6 is 0 Å². The molecule has 1 N–H and O–H groups in total.